The maximum absolute atomic E-state index is 13.0. The molecule has 4 heteroatoms. The summed E-state index contributed by atoms with van der Waals surface area (Å²) in [6.45, 7) is 2.77. The second-order valence-electron chi connectivity index (χ2n) is 4.26. The van der Waals surface area contributed by atoms with Gasteiger partial charge in [0.15, 0.2) is 0 Å². The largest absolute Gasteiger partial charge is 0.310 e. The predicted octanol–water partition coefficient (Wildman–Crippen LogP) is 3.92. The van der Waals surface area contributed by atoms with E-state index in [2.05, 4.69) is 23.7 Å². The molecule has 0 radical (unpaired) electrons. The molecule has 1 heterocycles. The topological polar surface area (TPSA) is 12.0 Å². The number of nitrogens with one attached hydrogen (secondary N) is 1. The van der Waals surface area contributed by atoms with Crippen molar-refractivity contribution in [2.24, 2.45) is 0 Å². The molecule has 1 atom stereocenters. The second-order valence-corrected chi connectivity index (χ2v) is 5.04. The van der Waals surface area contributed by atoms with Crippen molar-refractivity contribution in [3.8, 4) is 0 Å². The zero-order valence-electron chi connectivity index (χ0n) is 10.1. The lowest BCUT2D eigenvalue weighted by Gasteiger charge is -2.12. The summed E-state index contributed by atoms with van der Waals surface area (Å²) in [4.78, 5) is 0. The fourth-order valence-corrected chi connectivity index (χ4v) is 2.58. The van der Waals surface area contributed by atoms with Crippen LogP contribution < -0.4 is 5.32 Å². The van der Waals surface area contributed by atoms with E-state index in [1.54, 1.807) is 11.3 Å². The van der Waals surface area contributed by atoms with Crippen LogP contribution in [-0.2, 0) is 6.42 Å². The molecule has 2 rings (SSSR count). The molecule has 18 heavy (non-hydrogen) atoms. The number of thiophene rings is 1. The van der Waals surface area contributed by atoms with E-state index >= 15 is 0 Å². The first-order chi connectivity index (χ1) is 8.65. The van der Waals surface area contributed by atoms with Gasteiger partial charge in [-0.3, -0.25) is 0 Å². The van der Waals surface area contributed by atoms with Gasteiger partial charge in [-0.05, 0) is 60.0 Å². The molecule has 1 aromatic heterocycles. The SMILES string of the molecule is CC(NCCc1cc(F)cc(F)c1)c1ccsc1. The summed E-state index contributed by atoms with van der Waals surface area (Å²) in [7, 11) is 0. The lowest BCUT2D eigenvalue weighted by molar-refractivity contribution is 0.564. The lowest BCUT2D eigenvalue weighted by Crippen LogP contribution is -2.21. The Morgan fingerprint density at radius 3 is 2.56 bits per heavy atom. The zero-order chi connectivity index (χ0) is 13.0. The van der Waals surface area contributed by atoms with Crippen molar-refractivity contribution in [2.45, 2.75) is 19.4 Å². The molecule has 0 amide bonds. The normalized spacial score (nSPS) is 12.6. The summed E-state index contributed by atoms with van der Waals surface area (Å²) in [6.07, 6.45) is 0.614. The van der Waals surface area contributed by atoms with Gasteiger partial charge in [-0.2, -0.15) is 11.3 Å². The summed E-state index contributed by atoms with van der Waals surface area (Å²) >= 11 is 1.66. The van der Waals surface area contributed by atoms with Crippen molar-refractivity contribution < 1.29 is 8.78 Å². The van der Waals surface area contributed by atoms with Gasteiger partial charge in [0.25, 0.3) is 0 Å². The van der Waals surface area contributed by atoms with E-state index in [0.717, 1.165) is 6.07 Å². The fraction of sp³-hybridized carbons (Fsp3) is 0.286. The van der Waals surface area contributed by atoms with Gasteiger partial charge in [0.2, 0.25) is 0 Å². The van der Waals surface area contributed by atoms with Gasteiger partial charge in [-0.25, -0.2) is 8.78 Å². The molecule has 96 valence electrons. The van der Waals surface area contributed by atoms with Crippen LogP contribution in [0.15, 0.2) is 35.0 Å². The van der Waals surface area contributed by atoms with E-state index in [0.29, 0.717) is 18.5 Å². The Hall–Kier alpha value is -1.26. The summed E-state index contributed by atoms with van der Waals surface area (Å²) in [5.74, 6) is -1.04. The van der Waals surface area contributed by atoms with Crippen molar-refractivity contribution in [2.75, 3.05) is 6.54 Å². The Labute approximate surface area is 109 Å². The van der Waals surface area contributed by atoms with Crippen LogP contribution in [0, 0.1) is 11.6 Å². The second kappa shape index (κ2) is 6.07. The van der Waals surface area contributed by atoms with E-state index in [-0.39, 0.29) is 6.04 Å². The van der Waals surface area contributed by atoms with Gasteiger partial charge in [-0.1, -0.05) is 0 Å². The van der Waals surface area contributed by atoms with Gasteiger partial charge >= 0.3 is 0 Å². The molecule has 0 spiro atoms. The first kappa shape index (κ1) is 13.2. The van der Waals surface area contributed by atoms with Gasteiger partial charge in [-0.15, -0.1) is 0 Å². The van der Waals surface area contributed by atoms with Crippen molar-refractivity contribution in [3.63, 3.8) is 0 Å². The zero-order valence-corrected chi connectivity index (χ0v) is 10.9. The third-order valence-electron chi connectivity index (χ3n) is 2.83. The quantitative estimate of drug-likeness (QED) is 0.865. The molecular weight excluding hydrogens is 252 g/mol. The van der Waals surface area contributed by atoms with Crippen molar-refractivity contribution in [1.82, 2.24) is 5.32 Å². The van der Waals surface area contributed by atoms with Crippen LogP contribution in [0.3, 0.4) is 0 Å². The number of hydrogen-bond donors (Lipinski definition) is 1. The lowest BCUT2D eigenvalue weighted by atomic mass is 10.1. The molecule has 0 aliphatic carbocycles. The van der Waals surface area contributed by atoms with Crippen LogP contribution in [0.1, 0.15) is 24.1 Å². The fourth-order valence-electron chi connectivity index (χ4n) is 1.83. The predicted molar refractivity (Wildman–Crippen MR) is 70.8 cm³/mol. The van der Waals surface area contributed by atoms with Crippen LogP contribution in [0.25, 0.3) is 0 Å². The highest BCUT2D eigenvalue weighted by atomic mass is 32.1. The minimum Gasteiger partial charge on any atom is -0.310 e. The maximum Gasteiger partial charge on any atom is 0.126 e. The first-order valence-corrected chi connectivity index (χ1v) is 6.80. The molecule has 0 saturated carbocycles. The average Bonchev–Trinajstić information content (AvgIpc) is 2.80. The Balaban J connectivity index is 1.85. The van der Waals surface area contributed by atoms with E-state index < -0.39 is 11.6 Å². The summed E-state index contributed by atoms with van der Waals surface area (Å²) in [5, 5.41) is 7.47. The molecule has 0 aliphatic heterocycles. The van der Waals surface area contributed by atoms with E-state index in [4.69, 9.17) is 0 Å². The van der Waals surface area contributed by atoms with E-state index in [1.807, 2.05) is 5.38 Å². The van der Waals surface area contributed by atoms with Gasteiger partial charge in [0.1, 0.15) is 11.6 Å². The first-order valence-electron chi connectivity index (χ1n) is 5.85. The highest BCUT2D eigenvalue weighted by Crippen LogP contribution is 2.15. The van der Waals surface area contributed by atoms with Crippen LogP contribution in [0.4, 0.5) is 8.78 Å². The van der Waals surface area contributed by atoms with Crippen molar-refractivity contribution >= 4 is 11.3 Å². The van der Waals surface area contributed by atoms with E-state index in [1.165, 1.54) is 17.7 Å². The van der Waals surface area contributed by atoms with Gasteiger partial charge in [0, 0.05) is 12.1 Å². The highest BCUT2D eigenvalue weighted by Gasteiger charge is 2.05. The Kier molecular flexibility index (Phi) is 4.44. The number of benzene rings is 1. The summed E-state index contributed by atoms with van der Waals surface area (Å²) in [5.41, 5.74) is 1.92. The van der Waals surface area contributed by atoms with Crippen LogP contribution in [0.5, 0.6) is 0 Å². The average molecular weight is 267 g/mol. The molecule has 0 aliphatic rings. The molecule has 0 saturated heterocycles. The Morgan fingerprint density at radius 2 is 1.94 bits per heavy atom. The molecule has 1 nitrogen and oxygen atoms in total. The van der Waals surface area contributed by atoms with Crippen molar-refractivity contribution in [3.05, 3.63) is 57.8 Å². The molecule has 1 aromatic carbocycles. The molecule has 2 aromatic rings. The molecule has 1 unspecified atom stereocenters. The Morgan fingerprint density at radius 1 is 1.22 bits per heavy atom. The molecule has 0 bridgehead atoms. The van der Waals surface area contributed by atoms with Crippen LogP contribution in [0.2, 0.25) is 0 Å². The van der Waals surface area contributed by atoms with Crippen LogP contribution >= 0.6 is 11.3 Å². The smallest absolute Gasteiger partial charge is 0.126 e. The number of rotatable bonds is 5. The number of halogens is 2. The standard InChI is InChI=1S/C14H15F2NS/c1-10(12-3-5-18-9-12)17-4-2-11-6-13(15)8-14(16)7-11/h3,5-10,17H,2,4H2,1H3. The van der Waals surface area contributed by atoms with Crippen molar-refractivity contribution in [1.29, 1.82) is 0 Å². The Bertz CT molecular complexity index is 476. The van der Waals surface area contributed by atoms with Gasteiger partial charge < -0.3 is 5.32 Å². The monoisotopic (exact) mass is 267 g/mol. The minimum atomic E-state index is -0.518. The van der Waals surface area contributed by atoms with E-state index in [9.17, 15) is 8.78 Å². The maximum atomic E-state index is 13.0. The number of hydrogen-bond acceptors (Lipinski definition) is 2. The molecule has 1 N–H and O–H groups in total. The minimum absolute atomic E-state index is 0.259. The summed E-state index contributed by atoms with van der Waals surface area (Å²) in [6, 6.07) is 5.98. The van der Waals surface area contributed by atoms with Gasteiger partial charge in [0.05, 0.1) is 0 Å². The highest BCUT2D eigenvalue weighted by molar-refractivity contribution is 7.07. The van der Waals surface area contributed by atoms with Crippen LogP contribution in [-0.4, -0.2) is 6.54 Å². The third-order valence-corrected chi connectivity index (χ3v) is 3.53. The molecule has 0 fully saturated rings. The summed E-state index contributed by atoms with van der Waals surface area (Å²) < 4.78 is 26.0. The third kappa shape index (κ3) is 3.62. The molecular formula is C14H15F2NS.